The molecule has 1 amide bonds. The van der Waals surface area contributed by atoms with Crippen molar-refractivity contribution < 1.29 is 4.79 Å². The molecule has 8 heteroatoms. The molecule has 6 nitrogen and oxygen atoms in total. The Hall–Kier alpha value is -2.32. The average Bonchev–Trinajstić information content (AvgIpc) is 3.11. The van der Waals surface area contributed by atoms with Crippen molar-refractivity contribution in [2.75, 3.05) is 5.73 Å². The van der Waals surface area contributed by atoms with Crippen LogP contribution in [-0.2, 0) is 17.8 Å². The van der Waals surface area contributed by atoms with Crippen molar-refractivity contribution in [2.24, 2.45) is 4.99 Å². The van der Waals surface area contributed by atoms with Crippen LogP contribution in [0.2, 0.25) is 0 Å². The molecule has 4 heterocycles. The van der Waals surface area contributed by atoms with Crippen LogP contribution in [0.5, 0.6) is 0 Å². The topological polar surface area (TPSA) is 90.3 Å². The predicted molar refractivity (Wildman–Crippen MR) is 123 cm³/mol. The van der Waals surface area contributed by atoms with E-state index in [9.17, 15) is 9.59 Å². The Balaban J connectivity index is 0.000000166. The summed E-state index contributed by atoms with van der Waals surface area (Å²) in [4.78, 5) is 35.5. The SMILES string of the molecule is CCC1=NC(=O)Cc2sc(C)c(C)c21.CCn1c(=O)nc(N)c2c(C)c(C)sc21. The lowest BCUT2D eigenvalue weighted by molar-refractivity contribution is -0.117. The van der Waals surface area contributed by atoms with E-state index in [0.717, 1.165) is 27.9 Å². The molecule has 0 atom stereocenters. The van der Waals surface area contributed by atoms with E-state index in [1.54, 1.807) is 27.2 Å². The third-order valence-electron chi connectivity index (χ3n) is 5.28. The van der Waals surface area contributed by atoms with Gasteiger partial charge < -0.3 is 5.73 Å². The summed E-state index contributed by atoms with van der Waals surface area (Å²) in [6.07, 6.45) is 1.34. The second-order valence-corrected chi connectivity index (χ2v) is 9.56. The first kappa shape index (κ1) is 21.4. The number of carbonyl (C=O) groups is 1. The first-order chi connectivity index (χ1) is 13.7. The number of nitrogens with two attached hydrogens (primary N) is 1. The van der Waals surface area contributed by atoms with E-state index < -0.39 is 0 Å². The fourth-order valence-corrected chi connectivity index (χ4v) is 5.94. The number of hydrogen-bond donors (Lipinski definition) is 1. The van der Waals surface area contributed by atoms with Gasteiger partial charge >= 0.3 is 5.69 Å². The van der Waals surface area contributed by atoms with Gasteiger partial charge in [0.25, 0.3) is 5.91 Å². The normalized spacial score (nSPS) is 13.2. The minimum atomic E-state index is -0.260. The molecule has 1 aliphatic heterocycles. The van der Waals surface area contributed by atoms with Crippen LogP contribution in [0.3, 0.4) is 0 Å². The Morgan fingerprint density at radius 1 is 1.03 bits per heavy atom. The highest BCUT2D eigenvalue weighted by atomic mass is 32.1. The van der Waals surface area contributed by atoms with Gasteiger partial charge in [-0.05, 0) is 52.2 Å². The largest absolute Gasteiger partial charge is 0.383 e. The van der Waals surface area contributed by atoms with Gasteiger partial charge in [-0.3, -0.25) is 9.36 Å². The van der Waals surface area contributed by atoms with Gasteiger partial charge in [-0.15, -0.1) is 22.7 Å². The lowest BCUT2D eigenvalue weighted by atomic mass is 9.99. The quantitative estimate of drug-likeness (QED) is 0.655. The van der Waals surface area contributed by atoms with E-state index >= 15 is 0 Å². The molecule has 0 saturated heterocycles. The van der Waals surface area contributed by atoms with Crippen LogP contribution in [0, 0.1) is 27.7 Å². The zero-order chi connectivity index (χ0) is 21.5. The van der Waals surface area contributed by atoms with Crippen LogP contribution in [0.1, 0.15) is 51.6 Å². The number of amides is 1. The molecule has 0 saturated carbocycles. The van der Waals surface area contributed by atoms with Crippen LogP contribution in [0.4, 0.5) is 5.82 Å². The summed E-state index contributed by atoms with van der Waals surface area (Å²) >= 11 is 3.34. The Morgan fingerprint density at radius 2 is 1.69 bits per heavy atom. The fourth-order valence-electron chi connectivity index (χ4n) is 3.52. The van der Waals surface area contributed by atoms with Gasteiger partial charge in [0.2, 0.25) is 0 Å². The van der Waals surface area contributed by atoms with Crippen molar-refractivity contribution in [3.05, 3.63) is 41.8 Å². The molecule has 0 fully saturated rings. The minimum Gasteiger partial charge on any atom is -0.383 e. The summed E-state index contributed by atoms with van der Waals surface area (Å²) in [6, 6.07) is 0. The van der Waals surface area contributed by atoms with E-state index in [-0.39, 0.29) is 11.6 Å². The van der Waals surface area contributed by atoms with Gasteiger partial charge in [0.05, 0.1) is 17.5 Å². The van der Waals surface area contributed by atoms with E-state index in [4.69, 9.17) is 5.73 Å². The molecule has 0 aliphatic carbocycles. The number of nitrogens with zero attached hydrogens (tertiary/aromatic N) is 3. The summed E-state index contributed by atoms with van der Waals surface area (Å²) in [5.41, 5.74) is 10.2. The Kier molecular flexibility index (Phi) is 6.05. The lowest BCUT2D eigenvalue weighted by Crippen LogP contribution is -2.23. The number of rotatable bonds is 2. The van der Waals surface area contributed by atoms with Gasteiger partial charge in [-0.25, -0.2) is 9.79 Å². The van der Waals surface area contributed by atoms with E-state index in [0.29, 0.717) is 18.8 Å². The summed E-state index contributed by atoms with van der Waals surface area (Å²) in [5, 5.41) is 0.930. The number of hydrogen-bond acceptors (Lipinski definition) is 6. The van der Waals surface area contributed by atoms with E-state index in [1.807, 2.05) is 27.7 Å². The van der Waals surface area contributed by atoms with Crippen molar-refractivity contribution in [3.63, 3.8) is 0 Å². The number of aryl methyl sites for hydroxylation is 4. The van der Waals surface area contributed by atoms with Crippen LogP contribution < -0.4 is 11.4 Å². The maximum atomic E-state index is 11.6. The van der Waals surface area contributed by atoms with Crippen LogP contribution in [0.25, 0.3) is 10.2 Å². The molecule has 2 N–H and O–H groups in total. The zero-order valence-corrected chi connectivity index (χ0v) is 19.3. The smallest absolute Gasteiger partial charge is 0.350 e. The molecule has 3 aromatic rings. The van der Waals surface area contributed by atoms with Gasteiger partial charge in [0.1, 0.15) is 10.6 Å². The van der Waals surface area contributed by atoms with Crippen molar-refractivity contribution >= 4 is 50.3 Å². The Bertz CT molecular complexity index is 1200. The van der Waals surface area contributed by atoms with Gasteiger partial charge in [0.15, 0.2) is 0 Å². The molecular formula is C21H26N4O2S2. The molecule has 0 spiro atoms. The first-order valence-electron chi connectivity index (χ1n) is 9.65. The molecule has 0 aromatic carbocycles. The summed E-state index contributed by atoms with van der Waals surface area (Å²) in [7, 11) is 0. The number of fused-ring (bicyclic) bond motifs is 2. The second kappa shape index (κ2) is 8.20. The predicted octanol–water partition coefficient (Wildman–Crippen LogP) is 4.32. The van der Waals surface area contributed by atoms with Crippen molar-refractivity contribution in [1.29, 1.82) is 0 Å². The van der Waals surface area contributed by atoms with Gasteiger partial charge in [0, 0.05) is 26.7 Å². The number of thiophene rings is 2. The Labute approximate surface area is 178 Å². The van der Waals surface area contributed by atoms with Crippen molar-refractivity contribution in [2.45, 2.75) is 60.9 Å². The standard InChI is InChI=1S/C11H13NOS.C10H13N3OS/c1-4-8-11-6(2)7(3)14-9(11)5-10(13)12-8;1-4-13-9-7(5(2)6(3)15-9)8(11)12-10(13)14/h4-5H2,1-3H3;4H2,1-3H3,(H2,11,12,14). The second-order valence-electron chi connectivity index (χ2n) is 7.05. The number of aliphatic imine (C=N–C) groups is 1. The molecule has 0 bridgehead atoms. The van der Waals surface area contributed by atoms with Gasteiger partial charge in [-0.1, -0.05) is 6.92 Å². The highest BCUT2D eigenvalue weighted by Crippen LogP contribution is 2.32. The highest BCUT2D eigenvalue weighted by Gasteiger charge is 2.23. The molecule has 0 radical (unpaired) electrons. The first-order valence-corrected chi connectivity index (χ1v) is 11.3. The molecular weight excluding hydrogens is 404 g/mol. The Morgan fingerprint density at radius 3 is 2.31 bits per heavy atom. The molecule has 154 valence electrons. The van der Waals surface area contributed by atoms with E-state index in [1.165, 1.54) is 25.8 Å². The molecule has 1 aliphatic rings. The molecule has 4 rings (SSSR count). The lowest BCUT2D eigenvalue weighted by Gasteiger charge is -2.11. The van der Waals surface area contributed by atoms with Crippen LogP contribution in [-0.4, -0.2) is 21.2 Å². The van der Waals surface area contributed by atoms with E-state index in [2.05, 4.69) is 23.8 Å². The fraction of sp³-hybridized carbons (Fsp3) is 0.429. The average molecular weight is 431 g/mol. The van der Waals surface area contributed by atoms with Crippen LogP contribution >= 0.6 is 22.7 Å². The van der Waals surface area contributed by atoms with Crippen molar-refractivity contribution in [1.82, 2.24) is 9.55 Å². The monoisotopic (exact) mass is 430 g/mol. The number of carbonyl (C=O) groups excluding carboxylic acids is 1. The molecule has 29 heavy (non-hydrogen) atoms. The highest BCUT2D eigenvalue weighted by molar-refractivity contribution is 7.18. The van der Waals surface area contributed by atoms with Crippen LogP contribution in [0.15, 0.2) is 9.79 Å². The number of anilines is 1. The van der Waals surface area contributed by atoms with Crippen molar-refractivity contribution in [3.8, 4) is 0 Å². The maximum Gasteiger partial charge on any atom is 0.350 e. The molecule has 3 aromatic heterocycles. The van der Waals surface area contributed by atoms with Gasteiger partial charge in [-0.2, -0.15) is 4.98 Å². The number of nitrogen functional groups attached to an aromatic ring is 1. The summed E-state index contributed by atoms with van der Waals surface area (Å²) in [6.45, 7) is 12.9. The molecule has 0 unspecified atom stereocenters. The third-order valence-corrected chi connectivity index (χ3v) is 7.72. The summed E-state index contributed by atoms with van der Waals surface area (Å²) < 4.78 is 1.66. The summed E-state index contributed by atoms with van der Waals surface area (Å²) in [5.74, 6) is 0.358. The third kappa shape index (κ3) is 3.79. The maximum absolute atomic E-state index is 11.6. The minimum absolute atomic E-state index is 0.00981. The zero-order valence-electron chi connectivity index (χ0n) is 17.7. The number of aromatic nitrogens is 2.